The third-order valence-corrected chi connectivity index (χ3v) is 4.82. The Morgan fingerprint density at radius 1 is 1.24 bits per heavy atom. The Hall–Kier alpha value is -0.890. The maximum absolute atomic E-state index is 12.2. The molecule has 1 rings (SSSR count). The molecular formula is C14H28N4O2S. The van der Waals surface area contributed by atoms with E-state index in [-0.39, 0.29) is 4.90 Å². The number of aromatic nitrogens is 1. The third kappa shape index (κ3) is 5.43. The van der Waals surface area contributed by atoms with Gasteiger partial charge in [-0.05, 0) is 40.8 Å². The molecule has 0 unspecified atom stereocenters. The summed E-state index contributed by atoms with van der Waals surface area (Å²) in [7, 11) is -1.62. The van der Waals surface area contributed by atoms with Gasteiger partial charge >= 0.3 is 0 Å². The number of nitrogens with one attached hydrogen (secondary N) is 3. The van der Waals surface area contributed by atoms with Gasteiger partial charge in [0.1, 0.15) is 0 Å². The fourth-order valence-corrected chi connectivity index (χ4v) is 3.41. The molecule has 0 spiro atoms. The highest BCUT2D eigenvalue weighted by Crippen LogP contribution is 2.10. The van der Waals surface area contributed by atoms with E-state index in [0.29, 0.717) is 31.7 Å². The van der Waals surface area contributed by atoms with Gasteiger partial charge in [0.2, 0.25) is 10.0 Å². The summed E-state index contributed by atoms with van der Waals surface area (Å²) in [5.41, 5.74) is 0.851. The van der Waals surface area contributed by atoms with Gasteiger partial charge in [0.15, 0.2) is 0 Å². The fourth-order valence-electron chi connectivity index (χ4n) is 2.37. The average Bonchev–Trinajstić information content (AvgIpc) is 2.83. The van der Waals surface area contributed by atoms with Gasteiger partial charge in [0.05, 0.1) is 4.90 Å². The number of hydrogen-bond acceptors (Lipinski definition) is 4. The highest BCUT2D eigenvalue weighted by atomic mass is 32.2. The molecule has 3 N–H and O–H groups in total. The first-order chi connectivity index (χ1) is 9.77. The Bertz CT molecular complexity index is 515. The largest absolute Gasteiger partial charge is 0.363 e. The van der Waals surface area contributed by atoms with Crippen LogP contribution in [0.5, 0.6) is 0 Å². The molecule has 122 valence electrons. The molecule has 0 atom stereocenters. The SMILES string of the molecule is CNCc1cc(S(=O)(=O)NCCN(C(C)C)C(C)C)c[nH]1. The van der Waals surface area contributed by atoms with E-state index >= 15 is 0 Å². The van der Waals surface area contributed by atoms with E-state index in [2.05, 4.69) is 47.6 Å². The van der Waals surface area contributed by atoms with Crippen molar-refractivity contribution < 1.29 is 8.42 Å². The zero-order chi connectivity index (χ0) is 16.0. The molecule has 6 nitrogen and oxygen atoms in total. The Balaban J connectivity index is 2.60. The van der Waals surface area contributed by atoms with Gasteiger partial charge in [0, 0.05) is 43.6 Å². The van der Waals surface area contributed by atoms with Crippen LogP contribution in [0, 0.1) is 0 Å². The molecule has 0 aliphatic rings. The summed E-state index contributed by atoms with van der Waals surface area (Å²) in [4.78, 5) is 5.50. The number of hydrogen-bond donors (Lipinski definition) is 3. The molecule has 0 amide bonds. The number of rotatable bonds is 9. The van der Waals surface area contributed by atoms with E-state index in [1.165, 1.54) is 6.20 Å². The van der Waals surface area contributed by atoms with Gasteiger partial charge < -0.3 is 10.3 Å². The van der Waals surface area contributed by atoms with Crippen LogP contribution in [0.2, 0.25) is 0 Å². The molecule has 0 saturated carbocycles. The van der Waals surface area contributed by atoms with E-state index in [4.69, 9.17) is 0 Å². The lowest BCUT2D eigenvalue weighted by Gasteiger charge is -2.30. The van der Waals surface area contributed by atoms with Crippen molar-refractivity contribution >= 4 is 10.0 Å². The van der Waals surface area contributed by atoms with E-state index in [1.807, 2.05) is 7.05 Å². The van der Waals surface area contributed by atoms with Gasteiger partial charge in [-0.25, -0.2) is 13.1 Å². The van der Waals surface area contributed by atoms with Crippen LogP contribution < -0.4 is 10.0 Å². The average molecular weight is 316 g/mol. The minimum atomic E-state index is -3.44. The van der Waals surface area contributed by atoms with Crippen molar-refractivity contribution in [2.45, 2.75) is 51.2 Å². The van der Waals surface area contributed by atoms with Crippen LogP contribution in [0.1, 0.15) is 33.4 Å². The first-order valence-electron chi connectivity index (χ1n) is 7.35. The molecule has 0 fully saturated rings. The van der Waals surface area contributed by atoms with Gasteiger partial charge in [-0.15, -0.1) is 0 Å². The minimum absolute atomic E-state index is 0.286. The van der Waals surface area contributed by atoms with Gasteiger partial charge in [-0.3, -0.25) is 4.90 Å². The van der Waals surface area contributed by atoms with Crippen LogP contribution in [0.15, 0.2) is 17.2 Å². The highest BCUT2D eigenvalue weighted by molar-refractivity contribution is 7.89. The van der Waals surface area contributed by atoms with E-state index in [9.17, 15) is 8.42 Å². The standard InChI is InChI=1S/C14H28N4O2S/c1-11(2)18(12(3)4)7-6-17-21(19,20)14-8-13(9-15-5)16-10-14/h8,10-12,15-17H,6-7,9H2,1-5H3. The quantitative estimate of drug-likeness (QED) is 0.638. The van der Waals surface area contributed by atoms with Gasteiger partial charge in [-0.1, -0.05) is 0 Å². The van der Waals surface area contributed by atoms with Crippen LogP contribution >= 0.6 is 0 Å². The summed E-state index contributed by atoms with van der Waals surface area (Å²) >= 11 is 0. The van der Waals surface area contributed by atoms with Gasteiger partial charge in [-0.2, -0.15) is 0 Å². The number of H-pyrrole nitrogens is 1. The lowest BCUT2D eigenvalue weighted by Crippen LogP contribution is -2.42. The Morgan fingerprint density at radius 2 is 1.86 bits per heavy atom. The van der Waals surface area contributed by atoms with Crippen LogP contribution in [0.25, 0.3) is 0 Å². The van der Waals surface area contributed by atoms with Crippen molar-refractivity contribution in [3.63, 3.8) is 0 Å². The van der Waals surface area contributed by atoms with Crippen LogP contribution in [0.3, 0.4) is 0 Å². The van der Waals surface area contributed by atoms with Crippen molar-refractivity contribution in [2.24, 2.45) is 0 Å². The van der Waals surface area contributed by atoms with Crippen LogP contribution in [-0.4, -0.2) is 50.5 Å². The zero-order valence-electron chi connectivity index (χ0n) is 13.6. The van der Waals surface area contributed by atoms with Crippen LogP contribution in [0.4, 0.5) is 0 Å². The predicted octanol–water partition coefficient (Wildman–Crippen LogP) is 1.13. The Morgan fingerprint density at radius 3 is 2.38 bits per heavy atom. The molecule has 7 heteroatoms. The normalized spacial score (nSPS) is 12.8. The molecule has 0 aromatic carbocycles. The predicted molar refractivity (Wildman–Crippen MR) is 85.7 cm³/mol. The summed E-state index contributed by atoms with van der Waals surface area (Å²) in [5, 5.41) is 2.98. The molecule has 1 aromatic rings. The maximum Gasteiger partial charge on any atom is 0.242 e. The first-order valence-corrected chi connectivity index (χ1v) is 8.83. The van der Waals surface area contributed by atoms with Crippen molar-refractivity contribution in [3.8, 4) is 0 Å². The summed E-state index contributed by atoms with van der Waals surface area (Å²) < 4.78 is 27.1. The molecule has 0 aliphatic heterocycles. The second-order valence-corrected chi connectivity index (χ2v) is 7.48. The maximum atomic E-state index is 12.2. The van der Waals surface area contributed by atoms with Crippen molar-refractivity contribution in [1.82, 2.24) is 19.9 Å². The minimum Gasteiger partial charge on any atom is -0.363 e. The molecule has 21 heavy (non-hydrogen) atoms. The van der Waals surface area contributed by atoms with Crippen LogP contribution in [-0.2, 0) is 16.6 Å². The Labute approximate surface area is 128 Å². The Kier molecular flexibility index (Phi) is 6.86. The number of aromatic amines is 1. The molecule has 0 radical (unpaired) electrons. The molecular weight excluding hydrogens is 288 g/mol. The van der Waals surface area contributed by atoms with E-state index in [0.717, 1.165) is 5.69 Å². The molecule has 1 heterocycles. The smallest absolute Gasteiger partial charge is 0.242 e. The van der Waals surface area contributed by atoms with Crippen molar-refractivity contribution in [3.05, 3.63) is 18.0 Å². The fraction of sp³-hybridized carbons (Fsp3) is 0.714. The number of nitrogens with zero attached hydrogens (tertiary/aromatic N) is 1. The number of sulfonamides is 1. The second kappa shape index (κ2) is 7.93. The zero-order valence-corrected chi connectivity index (χ0v) is 14.4. The van der Waals surface area contributed by atoms with E-state index in [1.54, 1.807) is 6.07 Å². The highest BCUT2D eigenvalue weighted by Gasteiger charge is 2.18. The van der Waals surface area contributed by atoms with Crippen molar-refractivity contribution in [2.75, 3.05) is 20.1 Å². The molecule has 0 bridgehead atoms. The molecule has 0 saturated heterocycles. The van der Waals surface area contributed by atoms with E-state index < -0.39 is 10.0 Å². The van der Waals surface area contributed by atoms with Crippen molar-refractivity contribution in [1.29, 1.82) is 0 Å². The molecule has 1 aromatic heterocycles. The lowest BCUT2D eigenvalue weighted by atomic mass is 10.2. The molecule has 0 aliphatic carbocycles. The third-order valence-electron chi connectivity index (χ3n) is 3.38. The van der Waals surface area contributed by atoms with Gasteiger partial charge in [0.25, 0.3) is 0 Å². The summed E-state index contributed by atoms with van der Waals surface area (Å²) in [5.74, 6) is 0. The second-order valence-electron chi connectivity index (χ2n) is 5.71. The summed E-state index contributed by atoms with van der Waals surface area (Å²) in [6.45, 7) is 10.2. The monoisotopic (exact) mass is 316 g/mol. The summed E-state index contributed by atoms with van der Waals surface area (Å²) in [6.07, 6.45) is 1.53. The first kappa shape index (κ1) is 18.2. The lowest BCUT2D eigenvalue weighted by molar-refractivity contribution is 0.179. The topological polar surface area (TPSA) is 77.2 Å². The summed E-state index contributed by atoms with van der Waals surface area (Å²) in [6, 6.07) is 2.44.